The minimum absolute atomic E-state index is 0.0561. The molecule has 1 atom stereocenters. The highest BCUT2D eigenvalue weighted by molar-refractivity contribution is 6.32. The third-order valence-electron chi connectivity index (χ3n) is 4.10. The molecule has 4 nitrogen and oxygen atoms in total. The zero-order valence-electron chi connectivity index (χ0n) is 13.9. The molecule has 0 bridgehead atoms. The third-order valence-corrected chi connectivity index (χ3v) is 4.70. The molecular weight excluding hydrogens is 300 g/mol. The zero-order valence-corrected chi connectivity index (χ0v) is 14.6. The van der Waals surface area contributed by atoms with E-state index in [9.17, 15) is 4.79 Å². The van der Waals surface area contributed by atoms with Crippen LogP contribution >= 0.6 is 11.6 Å². The predicted octanol–water partition coefficient (Wildman–Crippen LogP) is 2.89. The first-order valence-corrected chi connectivity index (χ1v) is 8.17. The van der Waals surface area contributed by atoms with Gasteiger partial charge >= 0.3 is 0 Å². The van der Waals surface area contributed by atoms with E-state index in [1.807, 2.05) is 37.8 Å². The average Bonchev–Trinajstić information content (AvgIpc) is 2.68. The molecule has 1 aliphatic heterocycles. The van der Waals surface area contributed by atoms with Crippen molar-refractivity contribution in [3.8, 4) is 5.75 Å². The Morgan fingerprint density at radius 3 is 2.45 bits per heavy atom. The van der Waals surface area contributed by atoms with Crippen LogP contribution in [-0.2, 0) is 4.79 Å². The maximum absolute atomic E-state index is 12.6. The van der Waals surface area contributed by atoms with Crippen molar-refractivity contribution in [2.24, 2.45) is 0 Å². The summed E-state index contributed by atoms with van der Waals surface area (Å²) in [6.45, 7) is 9.22. The summed E-state index contributed by atoms with van der Waals surface area (Å²) in [6, 6.07) is 3.77. The summed E-state index contributed by atoms with van der Waals surface area (Å²) < 4.78 is 5.85. The van der Waals surface area contributed by atoms with E-state index in [2.05, 4.69) is 11.9 Å². The van der Waals surface area contributed by atoms with Crippen LogP contribution in [0.25, 0.3) is 0 Å². The summed E-state index contributed by atoms with van der Waals surface area (Å²) >= 11 is 6.17. The molecule has 5 heteroatoms. The van der Waals surface area contributed by atoms with Gasteiger partial charge in [-0.25, -0.2) is 0 Å². The molecule has 0 unspecified atom stereocenters. The van der Waals surface area contributed by atoms with Gasteiger partial charge in [-0.2, -0.15) is 0 Å². The molecule has 0 radical (unpaired) electrons. The van der Waals surface area contributed by atoms with Gasteiger partial charge in [-0.3, -0.25) is 4.79 Å². The Kier molecular flexibility index (Phi) is 5.70. The smallest absolute Gasteiger partial charge is 0.263 e. The van der Waals surface area contributed by atoms with Gasteiger partial charge in [0.25, 0.3) is 5.91 Å². The summed E-state index contributed by atoms with van der Waals surface area (Å²) in [6.07, 6.45) is 0.525. The lowest BCUT2D eigenvalue weighted by Crippen LogP contribution is -2.42. The quantitative estimate of drug-likeness (QED) is 0.857. The number of hydrogen-bond acceptors (Lipinski definition) is 3. The molecule has 1 amide bonds. The summed E-state index contributed by atoms with van der Waals surface area (Å²) in [7, 11) is 2.09. The summed E-state index contributed by atoms with van der Waals surface area (Å²) in [5, 5.41) is 0.752. The highest BCUT2D eigenvalue weighted by atomic mass is 35.5. The first-order valence-electron chi connectivity index (χ1n) is 7.79. The molecule has 122 valence electrons. The molecule has 1 heterocycles. The molecule has 22 heavy (non-hydrogen) atoms. The standard InChI is InChI=1S/C17H25ClN2O2/c1-12-10-15(11-13(2)16(12)18)22-14(3)17(21)20-7-5-6-19(4)8-9-20/h10-11,14H,5-9H2,1-4H3/t14-/m0/s1. The molecular formula is C17H25ClN2O2. The van der Waals surface area contributed by atoms with Gasteiger partial charge in [0.15, 0.2) is 6.10 Å². The summed E-state index contributed by atoms with van der Waals surface area (Å²) in [4.78, 5) is 16.7. The van der Waals surface area contributed by atoms with Crippen molar-refractivity contribution in [2.45, 2.75) is 33.3 Å². The highest BCUT2D eigenvalue weighted by Gasteiger charge is 2.24. The topological polar surface area (TPSA) is 32.8 Å². The second kappa shape index (κ2) is 7.34. The minimum atomic E-state index is -0.483. The van der Waals surface area contributed by atoms with E-state index in [1.165, 1.54) is 0 Å². The molecule has 1 aromatic rings. The Bertz CT molecular complexity index is 524. The number of halogens is 1. The lowest BCUT2D eigenvalue weighted by atomic mass is 10.1. The van der Waals surface area contributed by atoms with Crippen LogP contribution in [0.15, 0.2) is 12.1 Å². The lowest BCUT2D eigenvalue weighted by molar-refractivity contribution is -0.137. The van der Waals surface area contributed by atoms with E-state index in [-0.39, 0.29) is 5.91 Å². The number of carbonyl (C=O) groups is 1. The summed E-state index contributed by atoms with van der Waals surface area (Å²) in [5.41, 5.74) is 1.93. The van der Waals surface area contributed by atoms with Crippen LogP contribution in [0, 0.1) is 13.8 Å². The van der Waals surface area contributed by atoms with E-state index < -0.39 is 6.10 Å². The van der Waals surface area contributed by atoms with Crippen LogP contribution < -0.4 is 4.74 Å². The van der Waals surface area contributed by atoms with Gasteiger partial charge in [0, 0.05) is 24.7 Å². The first kappa shape index (κ1) is 17.1. The Balaban J connectivity index is 2.02. The van der Waals surface area contributed by atoms with Gasteiger partial charge < -0.3 is 14.5 Å². The average molecular weight is 325 g/mol. The van der Waals surface area contributed by atoms with E-state index in [0.717, 1.165) is 48.7 Å². The van der Waals surface area contributed by atoms with E-state index in [1.54, 1.807) is 0 Å². The van der Waals surface area contributed by atoms with Gasteiger partial charge in [-0.1, -0.05) is 11.6 Å². The van der Waals surface area contributed by atoms with E-state index >= 15 is 0 Å². The molecule has 0 N–H and O–H groups in total. The van der Waals surface area contributed by atoms with Crippen molar-refractivity contribution < 1.29 is 9.53 Å². The minimum Gasteiger partial charge on any atom is -0.481 e. The molecule has 2 rings (SSSR count). The van der Waals surface area contributed by atoms with Gasteiger partial charge in [0.1, 0.15) is 5.75 Å². The maximum Gasteiger partial charge on any atom is 0.263 e. The van der Waals surface area contributed by atoms with Gasteiger partial charge in [-0.15, -0.1) is 0 Å². The van der Waals surface area contributed by atoms with Crippen molar-refractivity contribution in [1.29, 1.82) is 0 Å². The molecule has 0 aliphatic carbocycles. The molecule has 1 saturated heterocycles. The molecule has 0 aromatic heterocycles. The second-order valence-corrected chi connectivity index (χ2v) is 6.49. The van der Waals surface area contributed by atoms with Crippen LogP contribution in [0.3, 0.4) is 0 Å². The largest absolute Gasteiger partial charge is 0.481 e. The van der Waals surface area contributed by atoms with Crippen LogP contribution in [-0.4, -0.2) is 55.0 Å². The van der Waals surface area contributed by atoms with Crippen LogP contribution in [0.4, 0.5) is 0 Å². The SMILES string of the molecule is Cc1cc(O[C@@H](C)C(=O)N2CCCN(C)CC2)cc(C)c1Cl. The molecule has 0 saturated carbocycles. The van der Waals surface area contributed by atoms with Crippen LogP contribution in [0.2, 0.25) is 5.02 Å². The fraction of sp³-hybridized carbons (Fsp3) is 0.588. The number of hydrogen-bond donors (Lipinski definition) is 0. The van der Waals surface area contributed by atoms with Crippen molar-refractivity contribution in [1.82, 2.24) is 9.80 Å². The molecule has 0 spiro atoms. The van der Waals surface area contributed by atoms with Gasteiger partial charge in [-0.05, 0) is 64.0 Å². The van der Waals surface area contributed by atoms with Crippen molar-refractivity contribution in [3.05, 3.63) is 28.3 Å². The Labute approximate surface area is 138 Å². The molecule has 1 fully saturated rings. The van der Waals surface area contributed by atoms with Crippen molar-refractivity contribution in [2.75, 3.05) is 33.2 Å². The summed E-state index contributed by atoms with van der Waals surface area (Å²) in [5.74, 6) is 0.757. The molecule has 1 aromatic carbocycles. The highest BCUT2D eigenvalue weighted by Crippen LogP contribution is 2.26. The number of aryl methyl sites for hydroxylation is 2. The number of rotatable bonds is 3. The monoisotopic (exact) mass is 324 g/mol. The van der Waals surface area contributed by atoms with Crippen molar-refractivity contribution >= 4 is 17.5 Å². The number of ether oxygens (including phenoxy) is 1. The number of carbonyl (C=O) groups excluding carboxylic acids is 1. The Hall–Kier alpha value is -1.26. The van der Waals surface area contributed by atoms with Crippen molar-refractivity contribution in [3.63, 3.8) is 0 Å². The van der Waals surface area contributed by atoms with Gasteiger partial charge in [0.2, 0.25) is 0 Å². The number of benzene rings is 1. The second-order valence-electron chi connectivity index (χ2n) is 6.11. The lowest BCUT2D eigenvalue weighted by Gasteiger charge is -2.25. The Morgan fingerprint density at radius 2 is 1.82 bits per heavy atom. The number of likely N-dealkylation sites (N-methyl/N-ethyl adjacent to an activating group) is 1. The Morgan fingerprint density at radius 1 is 1.18 bits per heavy atom. The normalized spacial score (nSPS) is 18.0. The fourth-order valence-corrected chi connectivity index (χ4v) is 2.86. The van der Waals surface area contributed by atoms with Crippen LogP contribution in [0.5, 0.6) is 5.75 Å². The van der Waals surface area contributed by atoms with E-state index in [0.29, 0.717) is 5.75 Å². The fourth-order valence-electron chi connectivity index (χ4n) is 2.75. The number of amides is 1. The molecule has 1 aliphatic rings. The maximum atomic E-state index is 12.6. The predicted molar refractivity (Wildman–Crippen MR) is 89.7 cm³/mol. The number of nitrogens with zero attached hydrogens (tertiary/aromatic N) is 2. The van der Waals surface area contributed by atoms with Crippen LogP contribution in [0.1, 0.15) is 24.5 Å². The van der Waals surface area contributed by atoms with Gasteiger partial charge in [0.05, 0.1) is 0 Å². The third kappa shape index (κ3) is 4.14. The van der Waals surface area contributed by atoms with E-state index in [4.69, 9.17) is 16.3 Å². The zero-order chi connectivity index (χ0) is 16.3. The first-order chi connectivity index (χ1) is 10.4.